The summed E-state index contributed by atoms with van der Waals surface area (Å²) < 4.78 is 32.5. The van der Waals surface area contributed by atoms with Crippen LogP contribution in [0.4, 0.5) is 8.78 Å². The minimum atomic E-state index is -0.531. The van der Waals surface area contributed by atoms with Crippen molar-refractivity contribution in [2.45, 2.75) is 52.7 Å². The van der Waals surface area contributed by atoms with Crippen LogP contribution in [0.2, 0.25) is 0 Å². The number of hydrogen-bond donors (Lipinski definition) is 1. The molecular formula is C17H27F2NO. The third-order valence-corrected chi connectivity index (χ3v) is 3.45. The number of hydrogen-bond acceptors (Lipinski definition) is 2. The van der Waals surface area contributed by atoms with Crippen molar-refractivity contribution in [1.82, 2.24) is 5.32 Å². The Morgan fingerprint density at radius 1 is 1.10 bits per heavy atom. The standard InChI is InChI=1S/C17H27F2NO/c1-5-7-20-16(17(12(3)4)21-6-2)10-13-8-14(18)11-15(19)9-13/h8-9,11-12,16-17,20H,5-7,10H2,1-4H3. The van der Waals surface area contributed by atoms with E-state index < -0.39 is 11.6 Å². The summed E-state index contributed by atoms with van der Waals surface area (Å²) in [5.74, 6) is -0.730. The number of halogens is 2. The molecular weight excluding hydrogens is 272 g/mol. The van der Waals surface area contributed by atoms with Crippen LogP contribution in [0.1, 0.15) is 39.7 Å². The zero-order valence-electron chi connectivity index (χ0n) is 13.5. The predicted molar refractivity (Wildman–Crippen MR) is 82.4 cm³/mol. The molecule has 1 rings (SSSR count). The summed E-state index contributed by atoms with van der Waals surface area (Å²) in [6, 6.07) is 3.74. The van der Waals surface area contributed by atoms with Crippen molar-refractivity contribution >= 4 is 0 Å². The molecule has 1 N–H and O–H groups in total. The van der Waals surface area contributed by atoms with Gasteiger partial charge < -0.3 is 10.1 Å². The third-order valence-electron chi connectivity index (χ3n) is 3.45. The summed E-state index contributed by atoms with van der Waals surface area (Å²) in [4.78, 5) is 0. The van der Waals surface area contributed by atoms with Crippen molar-refractivity contribution in [3.05, 3.63) is 35.4 Å². The van der Waals surface area contributed by atoms with Crippen molar-refractivity contribution in [3.63, 3.8) is 0 Å². The van der Waals surface area contributed by atoms with Gasteiger partial charge in [-0.25, -0.2) is 8.78 Å². The van der Waals surface area contributed by atoms with Crippen LogP contribution in [-0.4, -0.2) is 25.3 Å². The second-order valence-electron chi connectivity index (χ2n) is 5.71. The monoisotopic (exact) mass is 299 g/mol. The van der Waals surface area contributed by atoms with E-state index in [9.17, 15) is 8.78 Å². The number of rotatable bonds is 9. The van der Waals surface area contributed by atoms with E-state index in [2.05, 4.69) is 26.1 Å². The average Bonchev–Trinajstić information content (AvgIpc) is 2.39. The molecule has 0 spiro atoms. The molecule has 1 aromatic rings. The van der Waals surface area contributed by atoms with Gasteiger partial charge in [-0.3, -0.25) is 0 Å². The quantitative estimate of drug-likeness (QED) is 0.746. The van der Waals surface area contributed by atoms with Crippen LogP contribution in [0.3, 0.4) is 0 Å². The largest absolute Gasteiger partial charge is 0.377 e. The van der Waals surface area contributed by atoms with Gasteiger partial charge in [0.1, 0.15) is 11.6 Å². The molecule has 0 radical (unpaired) electrons. The van der Waals surface area contributed by atoms with E-state index in [1.807, 2.05) is 6.92 Å². The topological polar surface area (TPSA) is 21.3 Å². The van der Waals surface area contributed by atoms with Crippen molar-refractivity contribution in [2.24, 2.45) is 5.92 Å². The molecule has 0 aliphatic carbocycles. The zero-order chi connectivity index (χ0) is 15.8. The van der Waals surface area contributed by atoms with Crippen molar-refractivity contribution in [2.75, 3.05) is 13.2 Å². The molecule has 21 heavy (non-hydrogen) atoms. The molecule has 0 aliphatic heterocycles. The molecule has 0 saturated heterocycles. The van der Waals surface area contributed by atoms with Gasteiger partial charge in [-0.1, -0.05) is 20.8 Å². The first-order valence-electron chi connectivity index (χ1n) is 7.77. The minimum Gasteiger partial charge on any atom is -0.377 e. The van der Waals surface area contributed by atoms with Gasteiger partial charge in [-0.2, -0.15) is 0 Å². The van der Waals surface area contributed by atoms with Gasteiger partial charge in [-0.05, 0) is 49.9 Å². The second-order valence-corrected chi connectivity index (χ2v) is 5.71. The Morgan fingerprint density at radius 3 is 2.19 bits per heavy atom. The zero-order valence-corrected chi connectivity index (χ0v) is 13.5. The molecule has 2 nitrogen and oxygen atoms in total. The Kier molecular flexibility index (Phi) is 7.83. The highest BCUT2D eigenvalue weighted by atomic mass is 19.1. The first kappa shape index (κ1) is 18.1. The fourth-order valence-electron chi connectivity index (χ4n) is 2.58. The number of benzene rings is 1. The summed E-state index contributed by atoms with van der Waals surface area (Å²) in [5.41, 5.74) is 0.659. The maximum absolute atomic E-state index is 13.3. The SMILES string of the molecule is CCCNC(Cc1cc(F)cc(F)c1)C(OCC)C(C)C. The molecule has 0 heterocycles. The second kappa shape index (κ2) is 9.11. The van der Waals surface area contributed by atoms with Gasteiger partial charge in [0.05, 0.1) is 6.10 Å². The van der Waals surface area contributed by atoms with Gasteiger partial charge in [0.25, 0.3) is 0 Å². The maximum atomic E-state index is 13.3. The maximum Gasteiger partial charge on any atom is 0.126 e. The molecule has 0 aliphatic rings. The van der Waals surface area contributed by atoms with Gasteiger partial charge in [0, 0.05) is 18.7 Å². The van der Waals surface area contributed by atoms with Crippen LogP contribution in [-0.2, 0) is 11.2 Å². The first-order valence-corrected chi connectivity index (χ1v) is 7.77. The summed E-state index contributed by atoms with van der Waals surface area (Å²) in [5, 5.41) is 3.45. The van der Waals surface area contributed by atoms with Crippen molar-refractivity contribution in [1.29, 1.82) is 0 Å². The molecule has 2 atom stereocenters. The van der Waals surface area contributed by atoms with Crippen LogP contribution in [0.15, 0.2) is 18.2 Å². The fourth-order valence-corrected chi connectivity index (χ4v) is 2.58. The first-order chi connectivity index (χ1) is 9.97. The summed E-state index contributed by atoms with van der Waals surface area (Å²) in [6.07, 6.45) is 1.58. The molecule has 2 unspecified atom stereocenters. The van der Waals surface area contributed by atoms with E-state index in [0.29, 0.717) is 24.5 Å². The fraction of sp³-hybridized carbons (Fsp3) is 0.647. The van der Waals surface area contributed by atoms with Gasteiger partial charge in [0.15, 0.2) is 0 Å². The lowest BCUT2D eigenvalue weighted by atomic mass is 9.93. The third kappa shape index (κ3) is 6.10. The van der Waals surface area contributed by atoms with Crippen LogP contribution in [0, 0.1) is 17.6 Å². The van der Waals surface area contributed by atoms with Crippen LogP contribution < -0.4 is 5.32 Å². The Balaban J connectivity index is 2.89. The molecule has 0 fully saturated rings. The number of ether oxygens (including phenoxy) is 1. The molecule has 120 valence electrons. The van der Waals surface area contributed by atoms with Gasteiger partial charge in [-0.15, -0.1) is 0 Å². The summed E-state index contributed by atoms with van der Waals surface area (Å²) in [7, 11) is 0. The highest BCUT2D eigenvalue weighted by molar-refractivity contribution is 5.19. The Hall–Kier alpha value is -1.00. The lowest BCUT2D eigenvalue weighted by molar-refractivity contribution is 0.00359. The van der Waals surface area contributed by atoms with Crippen LogP contribution in [0.25, 0.3) is 0 Å². The molecule has 0 aromatic heterocycles. The average molecular weight is 299 g/mol. The van der Waals surface area contributed by atoms with Crippen molar-refractivity contribution < 1.29 is 13.5 Å². The Labute approximate surface area is 126 Å². The molecule has 0 amide bonds. The highest BCUT2D eigenvalue weighted by Crippen LogP contribution is 2.17. The van der Waals surface area contributed by atoms with E-state index in [1.165, 1.54) is 12.1 Å². The lowest BCUT2D eigenvalue weighted by Gasteiger charge is -2.31. The Morgan fingerprint density at radius 2 is 1.71 bits per heavy atom. The predicted octanol–water partition coefficient (Wildman–Crippen LogP) is 3.94. The van der Waals surface area contributed by atoms with E-state index in [0.717, 1.165) is 19.0 Å². The summed E-state index contributed by atoms with van der Waals surface area (Å²) >= 11 is 0. The van der Waals surface area contributed by atoms with Crippen LogP contribution >= 0.6 is 0 Å². The Bertz CT molecular complexity index is 403. The van der Waals surface area contributed by atoms with E-state index in [4.69, 9.17) is 4.74 Å². The van der Waals surface area contributed by atoms with E-state index >= 15 is 0 Å². The van der Waals surface area contributed by atoms with Gasteiger partial charge in [0.2, 0.25) is 0 Å². The van der Waals surface area contributed by atoms with Crippen molar-refractivity contribution in [3.8, 4) is 0 Å². The molecule has 1 aromatic carbocycles. The smallest absolute Gasteiger partial charge is 0.126 e. The van der Waals surface area contributed by atoms with Crippen LogP contribution in [0.5, 0.6) is 0 Å². The normalized spacial score (nSPS) is 14.4. The van der Waals surface area contributed by atoms with E-state index in [1.54, 1.807) is 0 Å². The summed E-state index contributed by atoms with van der Waals surface area (Å²) in [6.45, 7) is 9.76. The van der Waals surface area contributed by atoms with Gasteiger partial charge >= 0.3 is 0 Å². The number of nitrogens with one attached hydrogen (secondary N) is 1. The molecule has 0 bridgehead atoms. The van der Waals surface area contributed by atoms with E-state index in [-0.39, 0.29) is 12.1 Å². The molecule has 4 heteroatoms. The highest BCUT2D eigenvalue weighted by Gasteiger charge is 2.25. The molecule has 0 saturated carbocycles. The minimum absolute atomic E-state index is 0.0212. The lowest BCUT2D eigenvalue weighted by Crippen LogP contribution is -2.46.